The Kier molecular flexibility index (Phi) is 5.24. The fraction of sp³-hybridized carbons (Fsp3) is 0.211. The summed E-state index contributed by atoms with van der Waals surface area (Å²) in [5.74, 6) is -0.525. The molecule has 0 saturated carbocycles. The van der Waals surface area contributed by atoms with Gasteiger partial charge in [-0.15, -0.1) is 0 Å². The van der Waals surface area contributed by atoms with Crippen LogP contribution in [-0.4, -0.2) is 39.5 Å². The molecule has 1 aliphatic heterocycles. The number of para-hydroxylation sites is 1. The van der Waals surface area contributed by atoms with Crippen LogP contribution in [0.4, 0.5) is 10.1 Å². The Morgan fingerprint density at radius 2 is 1.62 bits per heavy atom. The van der Waals surface area contributed by atoms with E-state index < -0.39 is 15.7 Å². The molecule has 1 saturated heterocycles. The third-order valence-corrected chi connectivity index (χ3v) is 5.93. The van der Waals surface area contributed by atoms with Crippen molar-refractivity contribution in [3.05, 3.63) is 71.5 Å². The monoisotopic (exact) mass is 371 g/mol. The molecule has 7 heteroatoms. The Labute approximate surface area is 152 Å². The van der Waals surface area contributed by atoms with E-state index in [0.717, 1.165) is 30.9 Å². The van der Waals surface area contributed by atoms with Crippen LogP contribution in [0.15, 0.2) is 70.6 Å². The summed E-state index contributed by atoms with van der Waals surface area (Å²) in [6, 6.07) is 16.2. The van der Waals surface area contributed by atoms with Gasteiger partial charge in [0.25, 0.3) is 0 Å². The number of rotatable bonds is 4. The Hall–Kier alpha value is -2.85. The fourth-order valence-electron chi connectivity index (χ4n) is 2.81. The summed E-state index contributed by atoms with van der Waals surface area (Å²) < 4.78 is 38.2. The average Bonchev–Trinajstić information content (AvgIpc) is 2.67. The van der Waals surface area contributed by atoms with Crippen LogP contribution in [0.5, 0.6) is 0 Å². The number of nitriles is 1. The molecule has 0 radical (unpaired) electrons. The van der Waals surface area contributed by atoms with Crippen molar-refractivity contribution >= 4 is 15.5 Å². The quantitative estimate of drug-likeness (QED) is 0.611. The van der Waals surface area contributed by atoms with Crippen molar-refractivity contribution in [3.63, 3.8) is 0 Å². The van der Waals surface area contributed by atoms with Crippen LogP contribution in [0.25, 0.3) is 0 Å². The number of halogens is 1. The standard InChI is InChI=1S/C19H18FN3O2S/c20-16-6-8-18(9-7-16)26(24,25)19(14-21)15-22-10-12-23(13-11-22)17-4-2-1-3-5-17/h1-9,15H,10-13H2/b19-15+. The zero-order valence-electron chi connectivity index (χ0n) is 14.0. The lowest BCUT2D eigenvalue weighted by Gasteiger charge is -2.35. The third kappa shape index (κ3) is 3.86. The minimum atomic E-state index is -3.95. The number of benzene rings is 2. The van der Waals surface area contributed by atoms with Crippen LogP contribution in [0.1, 0.15) is 0 Å². The van der Waals surface area contributed by atoms with Crippen LogP contribution in [0.2, 0.25) is 0 Å². The summed E-state index contributed by atoms with van der Waals surface area (Å²) in [6.07, 6.45) is 1.39. The van der Waals surface area contributed by atoms with Gasteiger partial charge in [0, 0.05) is 38.1 Å². The molecule has 0 atom stereocenters. The summed E-state index contributed by atoms with van der Waals surface area (Å²) in [5, 5.41) is 9.33. The number of allylic oxidation sites excluding steroid dienone is 1. The van der Waals surface area contributed by atoms with Gasteiger partial charge in [-0.05, 0) is 36.4 Å². The fourth-order valence-corrected chi connectivity index (χ4v) is 3.97. The van der Waals surface area contributed by atoms with Gasteiger partial charge in [-0.1, -0.05) is 18.2 Å². The molecular weight excluding hydrogens is 353 g/mol. The SMILES string of the molecule is N#C/C(=C\N1CCN(c2ccccc2)CC1)S(=O)(=O)c1ccc(F)cc1. The lowest BCUT2D eigenvalue weighted by atomic mass is 10.2. The first kappa shape index (κ1) is 18.0. The number of anilines is 1. The Balaban J connectivity index is 1.74. The van der Waals surface area contributed by atoms with Crippen LogP contribution < -0.4 is 4.90 Å². The topological polar surface area (TPSA) is 64.4 Å². The first-order valence-corrected chi connectivity index (χ1v) is 9.65. The maximum absolute atomic E-state index is 13.0. The summed E-state index contributed by atoms with van der Waals surface area (Å²) in [6.45, 7) is 2.68. The van der Waals surface area contributed by atoms with E-state index >= 15 is 0 Å². The van der Waals surface area contributed by atoms with Gasteiger partial charge < -0.3 is 9.80 Å². The molecule has 1 fully saturated rings. The van der Waals surface area contributed by atoms with Crippen molar-refractivity contribution in [3.8, 4) is 6.07 Å². The number of hydrogen-bond donors (Lipinski definition) is 0. The van der Waals surface area contributed by atoms with Gasteiger partial charge in [-0.3, -0.25) is 0 Å². The van der Waals surface area contributed by atoms with Crippen molar-refractivity contribution in [1.29, 1.82) is 5.26 Å². The molecule has 1 heterocycles. The van der Waals surface area contributed by atoms with Gasteiger partial charge in [0.1, 0.15) is 11.9 Å². The molecular formula is C19H18FN3O2S. The smallest absolute Gasteiger partial charge is 0.218 e. The maximum atomic E-state index is 13.0. The van der Waals surface area contributed by atoms with Crippen LogP contribution in [-0.2, 0) is 9.84 Å². The van der Waals surface area contributed by atoms with Gasteiger partial charge >= 0.3 is 0 Å². The zero-order chi connectivity index (χ0) is 18.6. The van der Waals surface area contributed by atoms with E-state index in [1.54, 1.807) is 6.07 Å². The molecule has 1 aliphatic rings. The highest BCUT2D eigenvalue weighted by atomic mass is 32.2. The largest absolute Gasteiger partial charge is 0.372 e. The number of sulfone groups is 1. The van der Waals surface area contributed by atoms with Crippen molar-refractivity contribution < 1.29 is 12.8 Å². The first-order chi connectivity index (χ1) is 12.5. The van der Waals surface area contributed by atoms with E-state index in [-0.39, 0.29) is 9.80 Å². The molecule has 0 unspecified atom stereocenters. The second-order valence-electron chi connectivity index (χ2n) is 5.92. The van der Waals surface area contributed by atoms with Gasteiger partial charge in [-0.2, -0.15) is 5.26 Å². The van der Waals surface area contributed by atoms with Crippen LogP contribution in [0.3, 0.4) is 0 Å². The lowest BCUT2D eigenvalue weighted by molar-refractivity contribution is 0.348. The van der Waals surface area contributed by atoms with E-state index in [1.165, 1.54) is 18.3 Å². The second-order valence-corrected chi connectivity index (χ2v) is 7.84. The molecule has 134 valence electrons. The number of nitrogens with zero attached hydrogens (tertiary/aromatic N) is 3. The van der Waals surface area contributed by atoms with Crippen molar-refractivity contribution in [2.45, 2.75) is 4.90 Å². The van der Waals surface area contributed by atoms with Crippen molar-refractivity contribution in [1.82, 2.24) is 4.90 Å². The molecule has 0 amide bonds. The highest BCUT2D eigenvalue weighted by Gasteiger charge is 2.23. The zero-order valence-corrected chi connectivity index (χ0v) is 14.9. The summed E-state index contributed by atoms with van der Waals surface area (Å²) in [4.78, 5) is 3.62. The van der Waals surface area contributed by atoms with Gasteiger partial charge in [-0.25, -0.2) is 12.8 Å². The highest BCUT2D eigenvalue weighted by molar-refractivity contribution is 7.95. The first-order valence-electron chi connectivity index (χ1n) is 8.17. The van der Waals surface area contributed by atoms with E-state index in [1.807, 2.05) is 35.2 Å². The molecule has 2 aromatic rings. The highest BCUT2D eigenvalue weighted by Crippen LogP contribution is 2.21. The van der Waals surface area contributed by atoms with Gasteiger partial charge in [0.05, 0.1) is 4.90 Å². The van der Waals surface area contributed by atoms with E-state index in [4.69, 9.17) is 0 Å². The summed E-state index contributed by atoms with van der Waals surface area (Å²) in [5.41, 5.74) is 1.12. The van der Waals surface area contributed by atoms with Crippen molar-refractivity contribution in [2.24, 2.45) is 0 Å². The van der Waals surface area contributed by atoms with Gasteiger partial charge in [0.15, 0.2) is 4.91 Å². The van der Waals surface area contributed by atoms with Gasteiger partial charge in [0.2, 0.25) is 9.84 Å². The predicted molar refractivity (Wildman–Crippen MR) is 97.5 cm³/mol. The Morgan fingerprint density at radius 1 is 1.00 bits per heavy atom. The molecule has 2 aromatic carbocycles. The third-order valence-electron chi connectivity index (χ3n) is 4.26. The molecule has 5 nitrogen and oxygen atoms in total. The minimum Gasteiger partial charge on any atom is -0.372 e. The van der Waals surface area contributed by atoms with E-state index in [0.29, 0.717) is 13.1 Å². The molecule has 0 aromatic heterocycles. The molecule has 0 N–H and O–H groups in total. The maximum Gasteiger partial charge on any atom is 0.218 e. The van der Waals surface area contributed by atoms with Crippen LogP contribution in [0, 0.1) is 17.1 Å². The molecule has 0 spiro atoms. The van der Waals surface area contributed by atoms with Crippen molar-refractivity contribution in [2.75, 3.05) is 31.1 Å². The Bertz CT molecular complexity index is 927. The Morgan fingerprint density at radius 3 is 2.19 bits per heavy atom. The summed E-state index contributed by atoms with van der Waals surface area (Å²) in [7, 11) is -3.95. The average molecular weight is 371 g/mol. The molecule has 3 rings (SSSR count). The normalized spacial score (nSPS) is 15.6. The van der Waals surface area contributed by atoms with E-state index in [2.05, 4.69) is 4.90 Å². The molecule has 0 aliphatic carbocycles. The van der Waals surface area contributed by atoms with E-state index in [9.17, 15) is 18.1 Å². The number of hydrogen-bond acceptors (Lipinski definition) is 5. The van der Waals surface area contributed by atoms with Crippen LogP contribution >= 0.6 is 0 Å². The second kappa shape index (κ2) is 7.58. The lowest BCUT2D eigenvalue weighted by Crippen LogP contribution is -2.44. The number of piperazine rings is 1. The molecule has 26 heavy (non-hydrogen) atoms. The minimum absolute atomic E-state index is 0.0883. The molecule has 0 bridgehead atoms. The summed E-state index contributed by atoms with van der Waals surface area (Å²) >= 11 is 0. The predicted octanol–water partition coefficient (Wildman–Crippen LogP) is 2.79.